The Kier molecular flexibility index (Phi) is 7.53. The standard InChI is InChI=1S/C22H25F3O4/c1-14(2)28-21(26)15(3)16(4)29-20-11-9-19(10-12-20)27-13-17-5-7-18(8-6-17)22(23,24)25/h5-12,14-16H,13H2,1-4H3. The molecule has 7 heteroatoms. The number of hydrogen-bond acceptors (Lipinski definition) is 4. The Bertz CT molecular complexity index is 783. The zero-order valence-corrected chi connectivity index (χ0v) is 16.8. The van der Waals surface area contributed by atoms with Crippen LogP contribution in [0.3, 0.4) is 0 Å². The Hall–Kier alpha value is -2.70. The third-order valence-corrected chi connectivity index (χ3v) is 4.26. The Morgan fingerprint density at radius 1 is 0.897 bits per heavy atom. The van der Waals surface area contributed by atoms with Gasteiger partial charge in [0, 0.05) is 0 Å². The smallest absolute Gasteiger partial charge is 0.416 e. The van der Waals surface area contributed by atoms with Crippen LogP contribution >= 0.6 is 0 Å². The van der Waals surface area contributed by atoms with Crippen LogP contribution in [0.5, 0.6) is 11.5 Å². The quantitative estimate of drug-likeness (QED) is 0.529. The van der Waals surface area contributed by atoms with E-state index in [0.717, 1.165) is 12.1 Å². The maximum Gasteiger partial charge on any atom is 0.416 e. The highest BCUT2D eigenvalue weighted by Gasteiger charge is 2.30. The molecule has 2 aromatic rings. The predicted molar refractivity (Wildman–Crippen MR) is 103 cm³/mol. The lowest BCUT2D eigenvalue weighted by atomic mass is 10.1. The summed E-state index contributed by atoms with van der Waals surface area (Å²) in [5.74, 6) is 0.387. The van der Waals surface area contributed by atoms with Gasteiger partial charge in [-0.25, -0.2) is 0 Å². The first kappa shape index (κ1) is 22.6. The van der Waals surface area contributed by atoms with Gasteiger partial charge in [-0.3, -0.25) is 4.79 Å². The van der Waals surface area contributed by atoms with E-state index < -0.39 is 17.7 Å². The number of carbonyl (C=O) groups excluding carboxylic acids is 1. The number of alkyl halides is 3. The first-order valence-electron chi connectivity index (χ1n) is 9.32. The minimum absolute atomic E-state index is 0.146. The molecule has 0 fully saturated rings. The monoisotopic (exact) mass is 410 g/mol. The van der Waals surface area contributed by atoms with Gasteiger partial charge in [0.25, 0.3) is 0 Å². The van der Waals surface area contributed by atoms with Crippen molar-refractivity contribution in [3.63, 3.8) is 0 Å². The molecule has 0 N–H and O–H groups in total. The molecule has 0 radical (unpaired) electrons. The molecule has 0 aliphatic heterocycles. The zero-order valence-electron chi connectivity index (χ0n) is 16.8. The highest BCUT2D eigenvalue weighted by molar-refractivity contribution is 5.72. The van der Waals surface area contributed by atoms with Gasteiger partial charge in [0.05, 0.1) is 17.6 Å². The number of rotatable bonds is 8. The Morgan fingerprint density at radius 3 is 1.97 bits per heavy atom. The lowest BCUT2D eigenvalue weighted by Gasteiger charge is -2.21. The van der Waals surface area contributed by atoms with E-state index in [1.54, 1.807) is 52.0 Å². The van der Waals surface area contributed by atoms with Crippen molar-refractivity contribution in [3.8, 4) is 11.5 Å². The van der Waals surface area contributed by atoms with Crippen molar-refractivity contribution in [2.45, 2.75) is 52.7 Å². The van der Waals surface area contributed by atoms with E-state index in [2.05, 4.69) is 0 Å². The molecule has 0 aliphatic rings. The maximum absolute atomic E-state index is 12.6. The van der Waals surface area contributed by atoms with Crippen LogP contribution in [0.1, 0.15) is 38.8 Å². The van der Waals surface area contributed by atoms with Crippen molar-refractivity contribution in [2.24, 2.45) is 5.92 Å². The van der Waals surface area contributed by atoms with Gasteiger partial charge in [-0.15, -0.1) is 0 Å². The summed E-state index contributed by atoms with van der Waals surface area (Å²) in [7, 11) is 0. The van der Waals surface area contributed by atoms with E-state index in [1.165, 1.54) is 12.1 Å². The average Bonchev–Trinajstić information content (AvgIpc) is 2.66. The molecular weight excluding hydrogens is 385 g/mol. The van der Waals surface area contributed by atoms with Gasteiger partial charge in [0.1, 0.15) is 24.2 Å². The topological polar surface area (TPSA) is 44.8 Å². The van der Waals surface area contributed by atoms with Gasteiger partial charge in [0.15, 0.2) is 0 Å². The molecule has 0 saturated heterocycles. The number of halogens is 3. The number of hydrogen-bond donors (Lipinski definition) is 0. The Balaban J connectivity index is 1.87. The summed E-state index contributed by atoms with van der Waals surface area (Å²) in [5.41, 5.74) is -0.0622. The molecular formula is C22H25F3O4. The molecule has 2 unspecified atom stereocenters. The molecule has 2 aromatic carbocycles. The normalized spacial score (nSPS) is 13.7. The average molecular weight is 410 g/mol. The second-order valence-corrected chi connectivity index (χ2v) is 7.05. The highest BCUT2D eigenvalue weighted by Crippen LogP contribution is 2.29. The summed E-state index contributed by atoms with van der Waals surface area (Å²) < 4.78 is 54.3. The fourth-order valence-electron chi connectivity index (χ4n) is 2.42. The number of benzene rings is 2. The fourth-order valence-corrected chi connectivity index (χ4v) is 2.42. The second kappa shape index (κ2) is 9.67. The second-order valence-electron chi connectivity index (χ2n) is 7.05. The number of esters is 1. The molecule has 29 heavy (non-hydrogen) atoms. The van der Waals surface area contributed by atoms with E-state index in [-0.39, 0.29) is 24.8 Å². The lowest BCUT2D eigenvalue weighted by Crippen LogP contribution is -2.31. The zero-order chi connectivity index (χ0) is 21.6. The third kappa shape index (κ3) is 7.00. The summed E-state index contributed by atoms with van der Waals surface area (Å²) in [6.45, 7) is 7.27. The Labute approximate surface area is 168 Å². The number of ether oxygens (including phenoxy) is 3. The highest BCUT2D eigenvalue weighted by atomic mass is 19.4. The molecule has 0 amide bonds. The van der Waals surface area contributed by atoms with E-state index in [4.69, 9.17) is 14.2 Å². The van der Waals surface area contributed by atoms with E-state index in [9.17, 15) is 18.0 Å². The van der Waals surface area contributed by atoms with Crippen LogP contribution in [0.15, 0.2) is 48.5 Å². The lowest BCUT2D eigenvalue weighted by molar-refractivity contribution is -0.154. The SMILES string of the molecule is CC(C)OC(=O)C(C)C(C)Oc1ccc(OCc2ccc(C(F)(F)F)cc2)cc1. The summed E-state index contributed by atoms with van der Waals surface area (Å²) in [4.78, 5) is 12.0. The van der Waals surface area contributed by atoms with Crippen LogP contribution < -0.4 is 9.47 Å². The molecule has 0 heterocycles. The minimum atomic E-state index is -4.35. The molecule has 0 aromatic heterocycles. The van der Waals surface area contributed by atoms with Crippen LogP contribution in [0.25, 0.3) is 0 Å². The Morgan fingerprint density at radius 2 is 1.45 bits per heavy atom. The fraction of sp³-hybridized carbons (Fsp3) is 0.409. The summed E-state index contributed by atoms with van der Waals surface area (Å²) in [5, 5.41) is 0. The van der Waals surface area contributed by atoms with Crippen molar-refractivity contribution in [3.05, 3.63) is 59.7 Å². The summed E-state index contributed by atoms with van der Waals surface area (Å²) in [6.07, 6.45) is -4.91. The predicted octanol–water partition coefficient (Wildman–Crippen LogP) is 5.64. The van der Waals surface area contributed by atoms with Gasteiger partial charge in [-0.2, -0.15) is 13.2 Å². The van der Waals surface area contributed by atoms with E-state index in [0.29, 0.717) is 17.1 Å². The van der Waals surface area contributed by atoms with Crippen molar-refractivity contribution in [1.29, 1.82) is 0 Å². The number of carbonyl (C=O) groups is 1. The van der Waals surface area contributed by atoms with Crippen LogP contribution in [0.2, 0.25) is 0 Å². The largest absolute Gasteiger partial charge is 0.490 e. The van der Waals surface area contributed by atoms with Crippen LogP contribution in [0.4, 0.5) is 13.2 Å². The van der Waals surface area contributed by atoms with Gasteiger partial charge in [-0.05, 0) is 69.7 Å². The van der Waals surface area contributed by atoms with Crippen molar-refractivity contribution in [2.75, 3.05) is 0 Å². The van der Waals surface area contributed by atoms with Crippen molar-refractivity contribution < 1.29 is 32.2 Å². The molecule has 0 saturated carbocycles. The first-order valence-corrected chi connectivity index (χ1v) is 9.32. The van der Waals surface area contributed by atoms with E-state index >= 15 is 0 Å². The third-order valence-electron chi connectivity index (χ3n) is 4.26. The molecule has 2 atom stereocenters. The molecule has 0 bridgehead atoms. The van der Waals surface area contributed by atoms with Gasteiger partial charge < -0.3 is 14.2 Å². The van der Waals surface area contributed by atoms with Crippen LogP contribution in [-0.4, -0.2) is 18.2 Å². The molecule has 0 spiro atoms. The van der Waals surface area contributed by atoms with E-state index in [1.807, 2.05) is 0 Å². The summed E-state index contributed by atoms with van der Waals surface area (Å²) in [6, 6.07) is 11.6. The molecule has 4 nitrogen and oxygen atoms in total. The van der Waals surface area contributed by atoms with Crippen LogP contribution in [0, 0.1) is 5.92 Å². The minimum Gasteiger partial charge on any atom is -0.490 e. The summed E-state index contributed by atoms with van der Waals surface area (Å²) >= 11 is 0. The van der Waals surface area contributed by atoms with Gasteiger partial charge in [0.2, 0.25) is 0 Å². The maximum atomic E-state index is 12.6. The molecule has 2 rings (SSSR count). The molecule has 158 valence electrons. The van der Waals surface area contributed by atoms with Gasteiger partial charge >= 0.3 is 12.1 Å². The van der Waals surface area contributed by atoms with Gasteiger partial charge in [-0.1, -0.05) is 12.1 Å². The van der Waals surface area contributed by atoms with Crippen molar-refractivity contribution >= 4 is 5.97 Å². The molecule has 0 aliphatic carbocycles. The van der Waals surface area contributed by atoms with Crippen molar-refractivity contribution in [1.82, 2.24) is 0 Å². The van der Waals surface area contributed by atoms with Crippen LogP contribution in [-0.2, 0) is 22.3 Å². The first-order chi connectivity index (χ1) is 13.6.